The Hall–Kier alpha value is -3.41. The lowest BCUT2D eigenvalue weighted by molar-refractivity contribution is -0.137. The average Bonchev–Trinajstić information content (AvgIpc) is 2.78. The van der Waals surface area contributed by atoms with E-state index in [-0.39, 0.29) is 24.1 Å². The second kappa shape index (κ2) is 9.81. The van der Waals surface area contributed by atoms with E-state index in [1.165, 1.54) is 7.05 Å². The van der Waals surface area contributed by atoms with Crippen molar-refractivity contribution in [2.45, 2.75) is 19.0 Å². The van der Waals surface area contributed by atoms with Crippen LogP contribution in [-0.4, -0.2) is 60.3 Å². The van der Waals surface area contributed by atoms with Crippen molar-refractivity contribution in [2.24, 2.45) is 0 Å². The molecule has 1 amide bonds. The first-order chi connectivity index (χ1) is 15.2. The zero-order valence-electron chi connectivity index (χ0n) is 17.4. The Morgan fingerprint density at radius 1 is 1.34 bits per heavy atom. The summed E-state index contributed by atoms with van der Waals surface area (Å²) in [6.45, 7) is 2.16. The van der Waals surface area contributed by atoms with Crippen LogP contribution >= 0.6 is 0 Å². The first-order valence-electron chi connectivity index (χ1n) is 9.91. The van der Waals surface area contributed by atoms with E-state index in [1.807, 2.05) is 0 Å². The largest absolute Gasteiger partial charge is 0.421 e. The number of hydrogen-bond donors (Lipinski definition) is 4. The summed E-state index contributed by atoms with van der Waals surface area (Å²) in [6.07, 6.45) is -2.22. The molecule has 1 aromatic heterocycles. The molecule has 0 spiro atoms. The van der Waals surface area contributed by atoms with Crippen LogP contribution in [0.25, 0.3) is 0 Å². The van der Waals surface area contributed by atoms with Gasteiger partial charge in [0.15, 0.2) is 0 Å². The fraction of sp³-hybridized carbons (Fsp3) is 0.400. The fourth-order valence-electron chi connectivity index (χ4n) is 3.34. The molecule has 0 radical (unpaired) electrons. The molecule has 2 aromatic rings. The molecule has 9 nitrogen and oxygen atoms in total. The van der Waals surface area contributed by atoms with Gasteiger partial charge in [0.1, 0.15) is 11.4 Å². The van der Waals surface area contributed by atoms with Gasteiger partial charge in [-0.25, -0.2) is 4.98 Å². The number of hydrogen-bond acceptors (Lipinski definition) is 8. The van der Waals surface area contributed by atoms with Gasteiger partial charge < -0.3 is 31.4 Å². The number of carbonyl (C=O) groups is 1. The zero-order valence-corrected chi connectivity index (χ0v) is 17.4. The highest BCUT2D eigenvalue weighted by Gasteiger charge is 2.35. The van der Waals surface area contributed by atoms with E-state index in [2.05, 4.69) is 20.6 Å². The summed E-state index contributed by atoms with van der Waals surface area (Å²) < 4.78 is 44.4. The van der Waals surface area contributed by atoms with Gasteiger partial charge in [-0.05, 0) is 18.1 Å². The van der Waals surface area contributed by atoms with Crippen molar-refractivity contribution in [3.63, 3.8) is 0 Å². The number of nitrogens with one attached hydrogen (secondary N) is 3. The third-order valence-electron chi connectivity index (χ3n) is 5.07. The molecule has 1 saturated heterocycles. The number of aryl methyl sites for hydroxylation is 1. The van der Waals surface area contributed by atoms with E-state index in [0.717, 1.165) is 6.21 Å². The number of nitrogens with zero attached hydrogens (tertiary/aromatic N) is 3. The Kier molecular flexibility index (Phi) is 7.13. The van der Waals surface area contributed by atoms with Crippen molar-refractivity contribution in [1.82, 2.24) is 14.9 Å². The number of alkyl halides is 3. The van der Waals surface area contributed by atoms with Crippen molar-refractivity contribution < 1.29 is 22.7 Å². The predicted molar refractivity (Wildman–Crippen MR) is 114 cm³/mol. The Morgan fingerprint density at radius 2 is 2.06 bits per heavy atom. The summed E-state index contributed by atoms with van der Waals surface area (Å²) in [5.41, 5.74) is 6.92. The molecule has 1 fully saturated rings. The van der Waals surface area contributed by atoms with Gasteiger partial charge in [0, 0.05) is 50.2 Å². The summed E-state index contributed by atoms with van der Waals surface area (Å²) in [7, 11) is 1.33. The molecule has 3 rings (SSSR count). The van der Waals surface area contributed by atoms with Crippen molar-refractivity contribution in [3.8, 4) is 0 Å². The van der Waals surface area contributed by atoms with Gasteiger partial charge in [-0.3, -0.25) is 4.79 Å². The van der Waals surface area contributed by atoms with E-state index < -0.39 is 11.7 Å². The highest BCUT2D eigenvalue weighted by Crippen LogP contribution is 2.34. The number of nitrogens with two attached hydrogens (primary N) is 1. The second-order valence-electron chi connectivity index (χ2n) is 7.07. The summed E-state index contributed by atoms with van der Waals surface area (Å²) in [6, 6.07) is 3.34. The molecule has 5 N–H and O–H groups in total. The van der Waals surface area contributed by atoms with Gasteiger partial charge >= 0.3 is 6.18 Å². The molecule has 1 aliphatic heterocycles. The third kappa shape index (κ3) is 5.25. The van der Waals surface area contributed by atoms with E-state index in [0.29, 0.717) is 61.4 Å². The third-order valence-corrected chi connectivity index (χ3v) is 5.07. The first-order valence-corrected chi connectivity index (χ1v) is 9.91. The molecule has 0 bridgehead atoms. The number of anilines is 4. The number of benzene rings is 1. The van der Waals surface area contributed by atoms with Crippen LogP contribution in [0.2, 0.25) is 0 Å². The molecule has 1 aliphatic rings. The van der Waals surface area contributed by atoms with Crippen LogP contribution in [0.3, 0.4) is 0 Å². The normalized spacial score (nSPS) is 14.2. The predicted octanol–water partition coefficient (Wildman–Crippen LogP) is 2.65. The van der Waals surface area contributed by atoms with Crippen LogP contribution in [0, 0.1) is 5.41 Å². The molecule has 32 heavy (non-hydrogen) atoms. The van der Waals surface area contributed by atoms with E-state index in [4.69, 9.17) is 15.9 Å². The molecule has 0 atom stereocenters. The number of nitrogen functional groups attached to an aromatic ring is 1. The smallest absolute Gasteiger partial charge is 0.398 e. The van der Waals surface area contributed by atoms with Crippen LogP contribution in [0.4, 0.5) is 36.3 Å². The van der Waals surface area contributed by atoms with Crippen LogP contribution in [0.15, 0.2) is 18.3 Å². The van der Waals surface area contributed by atoms with Gasteiger partial charge in [-0.15, -0.1) is 0 Å². The van der Waals surface area contributed by atoms with Gasteiger partial charge in [0.25, 0.3) is 0 Å². The van der Waals surface area contributed by atoms with E-state index in [9.17, 15) is 18.0 Å². The number of rotatable bonds is 7. The van der Waals surface area contributed by atoms with Crippen LogP contribution in [-0.2, 0) is 22.1 Å². The maximum absolute atomic E-state index is 13.0. The first kappa shape index (κ1) is 23.3. The SMILES string of the molecule is CNc1nc(Nc2ccc(CCC(=O)N3CCOCC3)c(N)c2C=N)ncc1C(F)(F)F. The lowest BCUT2D eigenvalue weighted by atomic mass is 10.0. The standard InChI is InChI=1S/C20H24F3N7O2/c1-26-18-14(20(21,22)23)11-27-19(29-18)28-15-4-2-12(17(25)13(15)10-24)3-5-16(31)30-6-8-32-9-7-30/h2,4,10-11,24H,3,5-9,25H2,1H3,(H2,26,27,28,29). The Balaban J connectivity index is 1.76. The minimum absolute atomic E-state index is 0.00375. The molecular formula is C20H24F3N7O2. The molecule has 2 heterocycles. The highest BCUT2D eigenvalue weighted by molar-refractivity contribution is 5.94. The number of ether oxygens (including phenoxy) is 1. The molecule has 12 heteroatoms. The lowest BCUT2D eigenvalue weighted by Crippen LogP contribution is -2.40. The monoisotopic (exact) mass is 451 g/mol. The zero-order chi connectivity index (χ0) is 23.3. The van der Waals surface area contributed by atoms with Crippen LogP contribution < -0.4 is 16.4 Å². The Bertz CT molecular complexity index is 992. The van der Waals surface area contributed by atoms with E-state index in [1.54, 1.807) is 17.0 Å². The van der Waals surface area contributed by atoms with Crippen molar-refractivity contribution in [2.75, 3.05) is 49.7 Å². The van der Waals surface area contributed by atoms with Crippen LogP contribution in [0.5, 0.6) is 0 Å². The van der Waals surface area contributed by atoms with Crippen molar-refractivity contribution >= 4 is 35.3 Å². The quantitative estimate of drug-likeness (QED) is 0.376. The number of morpholine rings is 1. The molecular weight excluding hydrogens is 427 g/mol. The van der Waals surface area contributed by atoms with Gasteiger partial charge in [0.05, 0.1) is 18.9 Å². The Morgan fingerprint density at radius 3 is 2.69 bits per heavy atom. The molecule has 0 unspecified atom stereocenters. The number of amides is 1. The summed E-state index contributed by atoms with van der Waals surface area (Å²) >= 11 is 0. The summed E-state index contributed by atoms with van der Waals surface area (Å²) in [5.74, 6) is -0.457. The van der Waals surface area contributed by atoms with Crippen LogP contribution in [0.1, 0.15) is 23.1 Å². The summed E-state index contributed by atoms with van der Waals surface area (Å²) in [5, 5.41) is 12.9. The summed E-state index contributed by atoms with van der Waals surface area (Å²) in [4.78, 5) is 21.7. The lowest BCUT2D eigenvalue weighted by Gasteiger charge is -2.27. The number of aromatic nitrogens is 2. The van der Waals surface area contributed by atoms with Crippen molar-refractivity contribution in [1.29, 1.82) is 5.41 Å². The Labute approximate surface area is 182 Å². The molecule has 1 aromatic carbocycles. The highest BCUT2D eigenvalue weighted by atomic mass is 19.4. The average molecular weight is 451 g/mol. The minimum Gasteiger partial charge on any atom is -0.398 e. The van der Waals surface area contributed by atoms with Crippen molar-refractivity contribution in [3.05, 3.63) is 35.0 Å². The van der Waals surface area contributed by atoms with Gasteiger partial charge in [-0.2, -0.15) is 18.2 Å². The number of halogens is 3. The maximum Gasteiger partial charge on any atom is 0.421 e. The topological polar surface area (TPSA) is 129 Å². The minimum atomic E-state index is -4.60. The second-order valence-corrected chi connectivity index (χ2v) is 7.07. The molecule has 0 aliphatic carbocycles. The van der Waals surface area contributed by atoms with Gasteiger partial charge in [0.2, 0.25) is 11.9 Å². The molecule has 172 valence electrons. The van der Waals surface area contributed by atoms with Gasteiger partial charge in [-0.1, -0.05) is 6.07 Å². The number of carbonyl (C=O) groups excluding carboxylic acids is 1. The molecule has 0 saturated carbocycles. The van der Waals surface area contributed by atoms with E-state index >= 15 is 0 Å². The fourth-order valence-corrected chi connectivity index (χ4v) is 3.34. The maximum atomic E-state index is 13.0.